The zero-order valence-electron chi connectivity index (χ0n) is 14.4. The third-order valence-corrected chi connectivity index (χ3v) is 3.27. The van der Waals surface area contributed by atoms with E-state index in [1.807, 2.05) is 0 Å². The molecule has 0 aliphatic heterocycles. The number of carbonyl (C=O) groups is 3. The Morgan fingerprint density at radius 1 is 1.17 bits per heavy atom. The van der Waals surface area contributed by atoms with E-state index in [0.29, 0.717) is 11.1 Å². The summed E-state index contributed by atoms with van der Waals surface area (Å²) in [7, 11) is 0. The Labute approximate surface area is 141 Å². The van der Waals surface area contributed by atoms with Crippen LogP contribution in [0.1, 0.15) is 43.6 Å². The number of ether oxygens (including phenoxy) is 1. The van der Waals surface area contributed by atoms with Crippen molar-refractivity contribution in [1.29, 1.82) is 0 Å². The van der Waals surface area contributed by atoms with Crippen molar-refractivity contribution in [1.82, 2.24) is 5.32 Å². The molecule has 0 atom stereocenters. The second kappa shape index (κ2) is 7.40. The third kappa shape index (κ3) is 5.31. The van der Waals surface area contributed by atoms with Crippen LogP contribution in [0.2, 0.25) is 0 Å². The van der Waals surface area contributed by atoms with Crippen LogP contribution in [-0.4, -0.2) is 33.9 Å². The van der Waals surface area contributed by atoms with Crippen LogP contribution in [-0.2, 0) is 20.9 Å². The van der Waals surface area contributed by atoms with E-state index in [0.717, 1.165) is 6.08 Å². The molecule has 0 aliphatic rings. The summed E-state index contributed by atoms with van der Waals surface area (Å²) >= 11 is 0. The summed E-state index contributed by atoms with van der Waals surface area (Å²) in [6.07, 6.45) is 1.08. The van der Waals surface area contributed by atoms with Crippen molar-refractivity contribution in [2.24, 2.45) is 0 Å². The molecule has 0 aliphatic carbocycles. The van der Waals surface area contributed by atoms with E-state index in [-0.39, 0.29) is 12.4 Å². The Bertz CT molecular complexity index is 638. The standard InChI is InChI=1S/C18H23NO5/c1-6-14(20)19-17(2,3)16(22)24-11-12-7-9-13(10-8-12)15(21)18(4,5)23/h6-10,23H,1,11H2,2-5H3,(H,19,20). The van der Waals surface area contributed by atoms with Gasteiger partial charge in [0.2, 0.25) is 5.91 Å². The molecule has 6 nitrogen and oxygen atoms in total. The lowest BCUT2D eigenvalue weighted by Gasteiger charge is -2.23. The second-order valence-electron chi connectivity index (χ2n) is 6.48. The summed E-state index contributed by atoms with van der Waals surface area (Å²) in [6.45, 7) is 9.23. The van der Waals surface area contributed by atoms with E-state index in [1.54, 1.807) is 24.3 Å². The molecule has 130 valence electrons. The van der Waals surface area contributed by atoms with Crippen molar-refractivity contribution >= 4 is 17.7 Å². The Morgan fingerprint density at radius 3 is 2.17 bits per heavy atom. The monoisotopic (exact) mass is 333 g/mol. The molecule has 6 heteroatoms. The van der Waals surface area contributed by atoms with Crippen molar-refractivity contribution in [3.05, 3.63) is 48.0 Å². The zero-order valence-corrected chi connectivity index (χ0v) is 14.4. The number of hydrogen-bond acceptors (Lipinski definition) is 5. The smallest absolute Gasteiger partial charge is 0.331 e. The number of esters is 1. The lowest BCUT2D eigenvalue weighted by atomic mass is 9.96. The molecule has 0 radical (unpaired) electrons. The number of Topliss-reactive ketones (excluding diaryl/α,β-unsaturated/α-hetero) is 1. The first kappa shape index (κ1) is 19.6. The van der Waals surface area contributed by atoms with Gasteiger partial charge < -0.3 is 15.2 Å². The molecule has 0 fully saturated rings. The highest BCUT2D eigenvalue weighted by Gasteiger charge is 2.30. The van der Waals surface area contributed by atoms with Crippen molar-refractivity contribution in [3.63, 3.8) is 0 Å². The van der Waals surface area contributed by atoms with Crippen LogP contribution in [0, 0.1) is 0 Å². The molecule has 2 N–H and O–H groups in total. The normalized spacial score (nSPS) is 11.5. The summed E-state index contributed by atoms with van der Waals surface area (Å²) < 4.78 is 5.18. The molecular weight excluding hydrogens is 310 g/mol. The number of aliphatic hydroxyl groups is 1. The summed E-state index contributed by atoms with van der Waals surface area (Å²) in [5.74, 6) is -1.44. The summed E-state index contributed by atoms with van der Waals surface area (Å²) in [4.78, 5) is 35.3. The lowest BCUT2D eigenvalue weighted by molar-refractivity contribution is -0.153. The largest absolute Gasteiger partial charge is 0.459 e. The van der Waals surface area contributed by atoms with E-state index in [9.17, 15) is 19.5 Å². The molecule has 1 rings (SSSR count). The fourth-order valence-corrected chi connectivity index (χ4v) is 1.84. The molecule has 0 heterocycles. The third-order valence-electron chi connectivity index (χ3n) is 3.27. The van der Waals surface area contributed by atoms with Crippen molar-refractivity contribution < 1.29 is 24.2 Å². The van der Waals surface area contributed by atoms with E-state index in [2.05, 4.69) is 11.9 Å². The minimum absolute atomic E-state index is 0.00319. The van der Waals surface area contributed by atoms with Crippen molar-refractivity contribution in [2.45, 2.75) is 45.4 Å². The molecular formula is C18H23NO5. The van der Waals surface area contributed by atoms with Crippen LogP contribution < -0.4 is 5.32 Å². The number of nitrogens with one attached hydrogen (secondary N) is 1. The molecule has 0 saturated carbocycles. The topological polar surface area (TPSA) is 92.7 Å². The van der Waals surface area contributed by atoms with Gasteiger partial charge in [0.05, 0.1) is 0 Å². The molecule has 1 aromatic carbocycles. The maximum atomic E-state index is 12.0. The molecule has 0 bridgehead atoms. The van der Waals surface area contributed by atoms with Gasteiger partial charge in [-0.05, 0) is 39.3 Å². The van der Waals surface area contributed by atoms with E-state index in [4.69, 9.17) is 4.74 Å². The first-order chi connectivity index (χ1) is 11.0. The average molecular weight is 333 g/mol. The summed E-state index contributed by atoms with van der Waals surface area (Å²) in [6, 6.07) is 6.41. The number of ketones is 1. The second-order valence-corrected chi connectivity index (χ2v) is 6.48. The van der Waals surface area contributed by atoms with E-state index >= 15 is 0 Å². The summed E-state index contributed by atoms with van der Waals surface area (Å²) in [5, 5.41) is 12.2. The van der Waals surface area contributed by atoms with Crippen molar-refractivity contribution in [2.75, 3.05) is 0 Å². The van der Waals surface area contributed by atoms with Crippen LogP contribution in [0.25, 0.3) is 0 Å². The fourth-order valence-electron chi connectivity index (χ4n) is 1.84. The summed E-state index contributed by atoms with van der Waals surface area (Å²) in [5.41, 5.74) is -1.57. The van der Waals surface area contributed by atoms with Gasteiger partial charge in [0, 0.05) is 5.56 Å². The van der Waals surface area contributed by atoms with Gasteiger partial charge in [0.1, 0.15) is 17.7 Å². The first-order valence-electron chi connectivity index (χ1n) is 7.45. The highest BCUT2D eigenvalue weighted by molar-refractivity contribution is 6.01. The average Bonchev–Trinajstić information content (AvgIpc) is 2.50. The van der Waals surface area contributed by atoms with E-state index in [1.165, 1.54) is 27.7 Å². The predicted molar refractivity (Wildman–Crippen MR) is 89.3 cm³/mol. The van der Waals surface area contributed by atoms with Crippen LogP contribution in [0.3, 0.4) is 0 Å². The van der Waals surface area contributed by atoms with Gasteiger partial charge in [-0.25, -0.2) is 4.79 Å². The predicted octanol–water partition coefficient (Wildman–Crippen LogP) is 1.76. The minimum atomic E-state index is -1.44. The Kier molecular flexibility index (Phi) is 6.04. The molecule has 0 saturated heterocycles. The van der Waals surface area contributed by atoms with Crippen LogP contribution >= 0.6 is 0 Å². The molecule has 0 unspecified atom stereocenters. The van der Waals surface area contributed by atoms with E-state index < -0.39 is 23.0 Å². The van der Waals surface area contributed by atoms with Gasteiger partial charge in [-0.15, -0.1) is 0 Å². The van der Waals surface area contributed by atoms with Crippen LogP contribution in [0.4, 0.5) is 0 Å². The van der Waals surface area contributed by atoms with Gasteiger partial charge in [0.25, 0.3) is 0 Å². The number of hydrogen-bond donors (Lipinski definition) is 2. The number of rotatable bonds is 7. The van der Waals surface area contributed by atoms with Gasteiger partial charge in [-0.2, -0.15) is 0 Å². The zero-order chi connectivity index (χ0) is 18.5. The number of amides is 1. The van der Waals surface area contributed by atoms with Gasteiger partial charge in [0.15, 0.2) is 5.78 Å². The van der Waals surface area contributed by atoms with Gasteiger partial charge in [-0.3, -0.25) is 9.59 Å². The lowest BCUT2D eigenvalue weighted by Crippen LogP contribution is -2.50. The molecule has 1 aromatic rings. The van der Waals surface area contributed by atoms with Crippen LogP contribution in [0.15, 0.2) is 36.9 Å². The number of carbonyl (C=O) groups excluding carboxylic acids is 3. The molecule has 1 amide bonds. The molecule has 24 heavy (non-hydrogen) atoms. The minimum Gasteiger partial charge on any atom is -0.459 e. The Morgan fingerprint density at radius 2 is 1.71 bits per heavy atom. The SMILES string of the molecule is C=CC(=O)NC(C)(C)C(=O)OCc1ccc(C(=O)C(C)(C)O)cc1. The van der Waals surface area contributed by atoms with Gasteiger partial charge >= 0.3 is 5.97 Å². The highest BCUT2D eigenvalue weighted by Crippen LogP contribution is 2.15. The maximum absolute atomic E-state index is 12.0. The Balaban J connectivity index is 2.68. The Hall–Kier alpha value is -2.47. The van der Waals surface area contributed by atoms with Crippen molar-refractivity contribution in [3.8, 4) is 0 Å². The van der Waals surface area contributed by atoms with Gasteiger partial charge in [-0.1, -0.05) is 30.8 Å². The first-order valence-corrected chi connectivity index (χ1v) is 7.45. The number of benzene rings is 1. The molecule has 0 aromatic heterocycles. The quantitative estimate of drug-likeness (QED) is 0.451. The fraction of sp³-hybridized carbons (Fsp3) is 0.389. The molecule has 0 spiro atoms. The maximum Gasteiger partial charge on any atom is 0.331 e. The highest BCUT2D eigenvalue weighted by atomic mass is 16.5. The van der Waals surface area contributed by atoms with Crippen LogP contribution in [0.5, 0.6) is 0 Å².